The van der Waals surface area contributed by atoms with E-state index >= 15 is 0 Å². The Labute approximate surface area is 111 Å². The van der Waals surface area contributed by atoms with Gasteiger partial charge in [0.25, 0.3) is 0 Å². The Bertz CT molecular complexity index is 490. The van der Waals surface area contributed by atoms with Crippen molar-refractivity contribution in [3.8, 4) is 0 Å². The quantitative estimate of drug-likeness (QED) is 0.754. The van der Waals surface area contributed by atoms with Crippen molar-refractivity contribution < 1.29 is 14.9 Å². The number of nitrogens with zero attached hydrogens (tertiary/aromatic N) is 3. The van der Waals surface area contributed by atoms with Gasteiger partial charge in [-0.05, 0) is 13.0 Å². The van der Waals surface area contributed by atoms with E-state index in [0.717, 1.165) is 6.54 Å². The van der Waals surface area contributed by atoms with Crippen molar-refractivity contribution in [2.75, 3.05) is 25.1 Å². The highest BCUT2D eigenvalue weighted by Crippen LogP contribution is 2.27. The van der Waals surface area contributed by atoms with Crippen LogP contribution in [0.5, 0.6) is 0 Å². The highest BCUT2D eigenvalue weighted by atomic mass is 16.5. The predicted octanol–water partition coefficient (Wildman–Crippen LogP) is -0.660. The third-order valence-corrected chi connectivity index (χ3v) is 3.38. The summed E-state index contributed by atoms with van der Waals surface area (Å²) in [6, 6.07) is 1.73. The second-order valence-corrected chi connectivity index (χ2v) is 4.60. The molecule has 7 heteroatoms. The minimum absolute atomic E-state index is 0.267. The van der Waals surface area contributed by atoms with E-state index in [4.69, 9.17) is 9.84 Å². The van der Waals surface area contributed by atoms with Gasteiger partial charge in [-0.25, -0.2) is 4.79 Å². The summed E-state index contributed by atoms with van der Waals surface area (Å²) in [6.07, 6.45) is -0.105. The van der Waals surface area contributed by atoms with Crippen molar-refractivity contribution in [3.05, 3.63) is 22.7 Å². The van der Waals surface area contributed by atoms with Gasteiger partial charge < -0.3 is 19.8 Å². The van der Waals surface area contributed by atoms with Crippen LogP contribution in [-0.4, -0.2) is 52.2 Å². The van der Waals surface area contributed by atoms with Crippen LogP contribution >= 0.6 is 0 Å². The number of hydrogen-bond acceptors (Lipinski definition) is 6. The Hall–Kier alpha value is -1.44. The Morgan fingerprint density at radius 1 is 1.63 bits per heavy atom. The molecule has 0 unspecified atom stereocenters. The minimum Gasteiger partial charge on any atom is -0.394 e. The van der Waals surface area contributed by atoms with Gasteiger partial charge in [-0.3, -0.25) is 4.57 Å². The monoisotopic (exact) mass is 269 g/mol. The summed E-state index contributed by atoms with van der Waals surface area (Å²) in [7, 11) is 1.85. The molecule has 0 bridgehead atoms. The lowest BCUT2D eigenvalue weighted by molar-refractivity contribution is -0.0458. The number of rotatable bonds is 4. The van der Waals surface area contributed by atoms with Crippen LogP contribution in [0.25, 0.3) is 0 Å². The standard InChI is InChI=1S/C12H19N3O4/c1-3-14(2)10-4-5-15(12(18)13-10)11-6-8(17)9(7-16)19-11/h4-5,8-9,11,16-17H,3,6-7H2,1-2H3/t8-,9+,11+/m0/s1. The zero-order valence-electron chi connectivity index (χ0n) is 11.1. The molecule has 1 aromatic rings. The predicted molar refractivity (Wildman–Crippen MR) is 69.1 cm³/mol. The van der Waals surface area contributed by atoms with Crippen molar-refractivity contribution in [2.45, 2.75) is 31.8 Å². The molecule has 0 amide bonds. The summed E-state index contributed by atoms with van der Waals surface area (Å²) < 4.78 is 6.76. The molecule has 2 heterocycles. The Morgan fingerprint density at radius 2 is 2.37 bits per heavy atom. The maximum Gasteiger partial charge on any atom is 0.351 e. The summed E-state index contributed by atoms with van der Waals surface area (Å²) in [4.78, 5) is 17.8. The first-order chi connectivity index (χ1) is 9.06. The molecular weight excluding hydrogens is 250 g/mol. The molecule has 7 nitrogen and oxygen atoms in total. The smallest absolute Gasteiger partial charge is 0.351 e. The molecule has 106 valence electrons. The Morgan fingerprint density at radius 3 is 2.89 bits per heavy atom. The number of aromatic nitrogens is 2. The second-order valence-electron chi connectivity index (χ2n) is 4.60. The van der Waals surface area contributed by atoms with Crippen molar-refractivity contribution >= 4 is 5.82 Å². The van der Waals surface area contributed by atoms with Crippen LogP contribution < -0.4 is 10.6 Å². The third-order valence-electron chi connectivity index (χ3n) is 3.38. The first kappa shape index (κ1) is 14.0. The summed E-state index contributed by atoms with van der Waals surface area (Å²) in [5.74, 6) is 0.598. The van der Waals surface area contributed by atoms with E-state index in [1.807, 2.05) is 18.9 Å². The summed E-state index contributed by atoms with van der Waals surface area (Å²) in [5.41, 5.74) is -0.423. The minimum atomic E-state index is -0.764. The van der Waals surface area contributed by atoms with E-state index < -0.39 is 24.1 Å². The average molecular weight is 269 g/mol. The van der Waals surface area contributed by atoms with Gasteiger partial charge in [-0.15, -0.1) is 0 Å². The van der Waals surface area contributed by atoms with E-state index in [1.54, 1.807) is 12.3 Å². The van der Waals surface area contributed by atoms with Crippen molar-refractivity contribution in [3.63, 3.8) is 0 Å². The highest BCUT2D eigenvalue weighted by Gasteiger charge is 2.34. The summed E-state index contributed by atoms with van der Waals surface area (Å²) in [6.45, 7) is 2.45. The van der Waals surface area contributed by atoms with E-state index in [-0.39, 0.29) is 13.0 Å². The number of anilines is 1. The van der Waals surface area contributed by atoms with Crippen LogP contribution in [0.15, 0.2) is 17.1 Å². The Balaban J connectivity index is 2.21. The lowest BCUT2D eigenvalue weighted by atomic mass is 10.2. The first-order valence-corrected chi connectivity index (χ1v) is 6.31. The molecule has 1 aromatic heterocycles. The van der Waals surface area contributed by atoms with Crippen LogP contribution in [0.1, 0.15) is 19.6 Å². The summed E-state index contributed by atoms with van der Waals surface area (Å²) in [5, 5.41) is 18.7. The van der Waals surface area contributed by atoms with E-state index in [9.17, 15) is 9.90 Å². The number of hydrogen-bond donors (Lipinski definition) is 2. The molecule has 19 heavy (non-hydrogen) atoms. The van der Waals surface area contributed by atoms with Crippen molar-refractivity contribution in [1.82, 2.24) is 9.55 Å². The fourth-order valence-corrected chi connectivity index (χ4v) is 2.05. The van der Waals surface area contributed by atoms with Gasteiger partial charge in [0.2, 0.25) is 0 Å². The highest BCUT2D eigenvalue weighted by molar-refractivity contribution is 5.34. The average Bonchev–Trinajstić information content (AvgIpc) is 2.78. The molecule has 2 rings (SSSR count). The largest absolute Gasteiger partial charge is 0.394 e. The fraction of sp³-hybridized carbons (Fsp3) is 0.667. The van der Waals surface area contributed by atoms with Gasteiger partial charge in [0.1, 0.15) is 18.1 Å². The van der Waals surface area contributed by atoms with Crippen molar-refractivity contribution in [2.24, 2.45) is 0 Å². The molecule has 0 aromatic carbocycles. The van der Waals surface area contributed by atoms with E-state index in [0.29, 0.717) is 5.82 Å². The van der Waals surface area contributed by atoms with Crippen LogP contribution in [0, 0.1) is 0 Å². The van der Waals surface area contributed by atoms with Gasteiger partial charge in [0, 0.05) is 26.2 Å². The zero-order valence-corrected chi connectivity index (χ0v) is 11.1. The molecule has 0 saturated carbocycles. The fourth-order valence-electron chi connectivity index (χ4n) is 2.05. The first-order valence-electron chi connectivity index (χ1n) is 6.31. The van der Waals surface area contributed by atoms with Crippen molar-refractivity contribution in [1.29, 1.82) is 0 Å². The molecule has 0 aliphatic carbocycles. The van der Waals surface area contributed by atoms with Crippen LogP contribution in [0.3, 0.4) is 0 Å². The number of aliphatic hydroxyl groups excluding tert-OH is 2. The molecule has 3 atom stereocenters. The lowest BCUT2D eigenvalue weighted by Crippen LogP contribution is -2.30. The molecule has 1 fully saturated rings. The van der Waals surface area contributed by atoms with Crippen LogP contribution in [0.4, 0.5) is 5.82 Å². The molecule has 0 spiro atoms. The van der Waals surface area contributed by atoms with Gasteiger partial charge in [-0.1, -0.05) is 0 Å². The summed E-state index contributed by atoms with van der Waals surface area (Å²) >= 11 is 0. The molecule has 2 N–H and O–H groups in total. The lowest BCUT2D eigenvalue weighted by Gasteiger charge is -2.18. The number of aliphatic hydroxyl groups is 2. The molecule has 1 aliphatic heterocycles. The zero-order chi connectivity index (χ0) is 14.0. The topological polar surface area (TPSA) is 87.8 Å². The van der Waals surface area contributed by atoms with Gasteiger partial charge in [0.15, 0.2) is 0 Å². The SMILES string of the molecule is CCN(C)c1ccn([C@H]2C[C@H](O)[C@@H](CO)O2)c(=O)n1. The molecular formula is C12H19N3O4. The number of ether oxygens (including phenoxy) is 1. The van der Waals surface area contributed by atoms with E-state index in [2.05, 4.69) is 4.98 Å². The molecule has 1 saturated heterocycles. The maximum absolute atomic E-state index is 12.0. The van der Waals surface area contributed by atoms with Gasteiger partial charge in [0.05, 0.1) is 12.7 Å². The van der Waals surface area contributed by atoms with E-state index in [1.165, 1.54) is 4.57 Å². The molecule has 0 radical (unpaired) electrons. The maximum atomic E-state index is 12.0. The normalized spacial score (nSPS) is 26.6. The third kappa shape index (κ3) is 2.78. The van der Waals surface area contributed by atoms with Crippen LogP contribution in [0.2, 0.25) is 0 Å². The Kier molecular flexibility index (Phi) is 4.18. The van der Waals surface area contributed by atoms with Crippen LogP contribution in [-0.2, 0) is 4.74 Å². The van der Waals surface area contributed by atoms with Gasteiger partial charge >= 0.3 is 5.69 Å². The molecule has 1 aliphatic rings. The second kappa shape index (κ2) is 5.68. The van der Waals surface area contributed by atoms with Gasteiger partial charge in [-0.2, -0.15) is 4.98 Å².